The normalized spacial score (nSPS) is 10.9. The Hall–Kier alpha value is -2.07. The number of halogens is 2. The van der Waals surface area contributed by atoms with Gasteiger partial charge in [0.2, 0.25) is 0 Å². The van der Waals surface area contributed by atoms with Crippen LogP contribution in [0.1, 0.15) is 5.69 Å². The summed E-state index contributed by atoms with van der Waals surface area (Å²) in [6, 6.07) is 6.50. The van der Waals surface area contributed by atoms with E-state index < -0.39 is 5.91 Å². The first-order chi connectivity index (χ1) is 10.5. The van der Waals surface area contributed by atoms with Crippen LogP contribution >= 0.6 is 34.5 Å². The Labute approximate surface area is 141 Å². The third-order valence-corrected chi connectivity index (χ3v) is 4.13. The van der Waals surface area contributed by atoms with Gasteiger partial charge in [0, 0.05) is 17.3 Å². The number of nitrogens with one attached hydrogen (secondary N) is 2. The van der Waals surface area contributed by atoms with Crippen LogP contribution in [0.2, 0.25) is 10.0 Å². The van der Waals surface area contributed by atoms with Crippen LogP contribution in [0.25, 0.3) is 0 Å². The lowest BCUT2D eigenvalue weighted by Gasteiger charge is -2.05. The number of carbonyl (C=O) groups is 1. The minimum atomic E-state index is -0.554. The predicted octanol–water partition coefficient (Wildman–Crippen LogP) is 4.22. The number of carbonyl (C=O) groups excluding carboxylic acids is 1. The topological polar surface area (TPSA) is 77.8 Å². The molecule has 0 atom stereocenters. The minimum Gasteiger partial charge on any atom is -0.337 e. The van der Waals surface area contributed by atoms with Gasteiger partial charge in [0.05, 0.1) is 15.7 Å². The van der Waals surface area contributed by atoms with E-state index in [0.29, 0.717) is 20.9 Å². The first kappa shape index (κ1) is 16.3. The van der Waals surface area contributed by atoms with E-state index in [-0.39, 0.29) is 5.57 Å². The van der Waals surface area contributed by atoms with Gasteiger partial charge < -0.3 is 10.6 Å². The summed E-state index contributed by atoms with van der Waals surface area (Å²) >= 11 is 13.1. The summed E-state index contributed by atoms with van der Waals surface area (Å²) in [6.45, 7) is 1.85. The van der Waals surface area contributed by atoms with E-state index in [1.165, 1.54) is 23.6 Å². The molecule has 1 aromatic heterocycles. The van der Waals surface area contributed by atoms with E-state index in [1.807, 2.05) is 18.4 Å². The molecule has 0 aliphatic carbocycles. The Bertz CT molecular complexity index is 779. The maximum absolute atomic E-state index is 12.0. The zero-order valence-corrected chi connectivity index (χ0v) is 13.7. The quantitative estimate of drug-likeness (QED) is 0.637. The average Bonchev–Trinajstić information content (AvgIpc) is 2.89. The standard InChI is InChI=1S/C14H10Cl2N4OS/c1-8-7-22-14(19-8)18-6-9(5-17)13(21)20-10-2-3-11(15)12(16)4-10/h2-4,6-7H,1H3,(H,18,19)(H,20,21)/b9-6-. The summed E-state index contributed by atoms with van der Waals surface area (Å²) in [4.78, 5) is 16.2. The van der Waals surface area contributed by atoms with Crippen LogP contribution in [0.15, 0.2) is 35.4 Å². The minimum absolute atomic E-state index is 0.0843. The van der Waals surface area contributed by atoms with E-state index in [0.717, 1.165) is 5.69 Å². The molecule has 8 heteroatoms. The molecule has 2 rings (SSSR count). The van der Waals surface area contributed by atoms with E-state index in [2.05, 4.69) is 15.6 Å². The lowest BCUT2D eigenvalue weighted by Crippen LogP contribution is -2.14. The van der Waals surface area contributed by atoms with E-state index in [1.54, 1.807) is 12.1 Å². The first-order valence-electron chi connectivity index (χ1n) is 6.05. The van der Waals surface area contributed by atoms with Gasteiger partial charge in [-0.1, -0.05) is 23.2 Å². The summed E-state index contributed by atoms with van der Waals surface area (Å²) in [7, 11) is 0. The Morgan fingerprint density at radius 1 is 1.41 bits per heavy atom. The van der Waals surface area contributed by atoms with Gasteiger partial charge in [-0.15, -0.1) is 11.3 Å². The SMILES string of the molecule is Cc1csc(N/C=C(/C#N)C(=O)Nc2ccc(Cl)c(Cl)c2)n1. The van der Waals surface area contributed by atoms with Crippen molar-refractivity contribution in [1.82, 2.24) is 4.98 Å². The molecule has 0 spiro atoms. The first-order valence-corrected chi connectivity index (χ1v) is 7.68. The Kier molecular flexibility index (Phi) is 5.39. The third kappa shape index (κ3) is 4.21. The van der Waals surface area contributed by atoms with Crippen molar-refractivity contribution in [3.63, 3.8) is 0 Å². The van der Waals surface area contributed by atoms with Gasteiger partial charge in [-0.3, -0.25) is 4.79 Å². The molecule has 0 radical (unpaired) electrons. The second-order valence-electron chi connectivity index (χ2n) is 4.19. The number of benzene rings is 1. The fourth-order valence-corrected chi connectivity index (χ4v) is 2.43. The number of hydrogen-bond donors (Lipinski definition) is 2. The molecule has 0 saturated carbocycles. The fourth-order valence-electron chi connectivity index (χ4n) is 1.48. The summed E-state index contributed by atoms with van der Waals surface area (Å²) in [5.41, 5.74) is 1.23. The molecule has 1 heterocycles. The van der Waals surface area contributed by atoms with Crippen LogP contribution in [0, 0.1) is 18.3 Å². The number of rotatable bonds is 4. The van der Waals surface area contributed by atoms with Crippen LogP contribution in [-0.2, 0) is 4.79 Å². The molecule has 2 aromatic rings. The van der Waals surface area contributed by atoms with Gasteiger partial charge in [-0.2, -0.15) is 5.26 Å². The van der Waals surface area contributed by atoms with Crippen LogP contribution < -0.4 is 10.6 Å². The van der Waals surface area contributed by atoms with Crippen LogP contribution in [0.4, 0.5) is 10.8 Å². The molecule has 22 heavy (non-hydrogen) atoms. The molecular formula is C14H10Cl2N4OS. The lowest BCUT2D eigenvalue weighted by atomic mass is 10.2. The summed E-state index contributed by atoms with van der Waals surface area (Å²) in [5.74, 6) is -0.554. The van der Waals surface area contributed by atoms with Gasteiger partial charge in [0.25, 0.3) is 5.91 Å². The molecule has 0 bridgehead atoms. The highest BCUT2D eigenvalue weighted by Crippen LogP contribution is 2.25. The Morgan fingerprint density at radius 3 is 2.77 bits per heavy atom. The highest BCUT2D eigenvalue weighted by Gasteiger charge is 2.10. The second kappa shape index (κ2) is 7.27. The van der Waals surface area contributed by atoms with E-state index in [4.69, 9.17) is 28.5 Å². The van der Waals surface area contributed by atoms with Crippen LogP contribution in [0.3, 0.4) is 0 Å². The van der Waals surface area contributed by atoms with Crippen molar-refractivity contribution in [2.45, 2.75) is 6.92 Å². The third-order valence-electron chi connectivity index (χ3n) is 2.50. The van der Waals surface area contributed by atoms with Crippen molar-refractivity contribution < 1.29 is 4.79 Å². The number of amides is 1. The molecule has 0 unspecified atom stereocenters. The average molecular weight is 353 g/mol. The number of nitriles is 1. The van der Waals surface area contributed by atoms with Crippen molar-refractivity contribution in [2.75, 3.05) is 10.6 Å². The van der Waals surface area contributed by atoms with Gasteiger partial charge in [-0.05, 0) is 25.1 Å². The molecule has 0 saturated heterocycles. The van der Waals surface area contributed by atoms with Crippen LogP contribution in [0.5, 0.6) is 0 Å². The van der Waals surface area contributed by atoms with Crippen molar-refractivity contribution in [3.05, 3.63) is 51.1 Å². The predicted molar refractivity (Wildman–Crippen MR) is 89.3 cm³/mol. The maximum Gasteiger partial charge on any atom is 0.267 e. The molecule has 5 nitrogen and oxygen atoms in total. The monoisotopic (exact) mass is 352 g/mol. The van der Waals surface area contributed by atoms with Crippen molar-refractivity contribution in [1.29, 1.82) is 5.26 Å². The van der Waals surface area contributed by atoms with Crippen molar-refractivity contribution >= 4 is 51.3 Å². The second-order valence-corrected chi connectivity index (χ2v) is 5.86. The molecule has 0 aliphatic rings. The van der Waals surface area contributed by atoms with Gasteiger partial charge in [0.15, 0.2) is 5.13 Å². The molecule has 2 N–H and O–H groups in total. The molecule has 0 fully saturated rings. The zero-order valence-electron chi connectivity index (χ0n) is 11.4. The Morgan fingerprint density at radius 2 is 2.18 bits per heavy atom. The van der Waals surface area contributed by atoms with Crippen LogP contribution in [-0.4, -0.2) is 10.9 Å². The molecule has 112 valence electrons. The molecule has 1 aromatic carbocycles. The number of hydrogen-bond acceptors (Lipinski definition) is 5. The Balaban J connectivity index is 2.08. The lowest BCUT2D eigenvalue weighted by molar-refractivity contribution is -0.112. The van der Waals surface area contributed by atoms with Gasteiger partial charge in [-0.25, -0.2) is 4.98 Å². The van der Waals surface area contributed by atoms with E-state index in [9.17, 15) is 4.79 Å². The number of nitrogens with zero attached hydrogens (tertiary/aromatic N) is 2. The maximum atomic E-state index is 12.0. The number of thiazole rings is 1. The number of aryl methyl sites for hydroxylation is 1. The molecule has 1 amide bonds. The fraction of sp³-hybridized carbons (Fsp3) is 0.0714. The van der Waals surface area contributed by atoms with Crippen molar-refractivity contribution in [2.24, 2.45) is 0 Å². The molecular weight excluding hydrogens is 343 g/mol. The highest BCUT2D eigenvalue weighted by molar-refractivity contribution is 7.13. The zero-order chi connectivity index (χ0) is 16.1. The highest BCUT2D eigenvalue weighted by atomic mass is 35.5. The summed E-state index contributed by atoms with van der Waals surface area (Å²) < 4.78 is 0. The van der Waals surface area contributed by atoms with Crippen molar-refractivity contribution in [3.8, 4) is 6.07 Å². The molecule has 0 aliphatic heterocycles. The van der Waals surface area contributed by atoms with Gasteiger partial charge in [0.1, 0.15) is 11.6 Å². The van der Waals surface area contributed by atoms with Gasteiger partial charge >= 0.3 is 0 Å². The smallest absolute Gasteiger partial charge is 0.267 e. The summed E-state index contributed by atoms with van der Waals surface area (Å²) in [5, 5.41) is 17.6. The summed E-state index contributed by atoms with van der Waals surface area (Å²) in [6.07, 6.45) is 1.31. The van der Waals surface area contributed by atoms with E-state index >= 15 is 0 Å². The number of anilines is 2. The number of aromatic nitrogens is 1. The largest absolute Gasteiger partial charge is 0.337 e.